The first kappa shape index (κ1) is 15.4. The van der Waals surface area contributed by atoms with Gasteiger partial charge in [0, 0.05) is 30.2 Å². The van der Waals surface area contributed by atoms with Gasteiger partial charge in [-0.2, -0.15) is 0 Å². The maximum absolute atomic E-state index is 11.8. The Balaban J connectivity index is 2.69. The summed E-state index contributed by atoms with van der Waals surface area (Å²) in [4.78, 5) is 22.1. The fourth-order valence-corrected chi connectivity index (χ4v) is 1.65. The van der Waals surface area contributed by atoms with Gasteiger partial charge in [0.05, 0.1) is 4.92 Å². The number of carbonyl (C=O) groups is 1. The molecule has 0 heterocycles. The van der Waals surface area contributed by atoms with E-state index in [9.17, 15) is 14.9 Å². The molecular formula is C12H16ClN3O3. The lowest BCUT2D eigenvalue weighted by molar-refractivity contribution is -0.385. The van der Waals surface area contributed by atoms with Crippen molar-refractivity contribution in [3.63, 3.8) is 0 Å². The number of nitrogens with one attached hydrogen (secondary N) is 2. The smallest absolute Gasteiger partial charge is 0.283 e. The highest BCUT2D eigenvalue weighted by Crippen LogP contribution is 2.22. The molecule has 1 aromatic carbocycles. The van der Waals surface area contributed by atoms with E-state index in [-0.39, 0.29) is 16.3 Å². The Hall–Kier alpha value is -1.66. The molecule has 0 bridgehead atoms. The number of nitro groups is 1. The molecule has 2 N–H and O–H groups in total. The van der Waals surface area contributed by atoms with E-state index >= 15 is 0 Å². The molecule has 0 fully saturated rings. The fraction of sp³-hybridized carbons (Fsp3) is 0.417. The molecule has 0 aromatic heterocycles. The van der Waals surface area contributed by atoms with Crippen LogP contribution in [0.1, 0.15) is 24.2 Å². The van der Waals surface area contributed by atoms with Crippen molar-refractivity contribution < 1.29 is 9.72 Å². The SMILES string of the molecule is CC(C)NCCNC(=O)c1ccc(Cl)cc1[N+](=O)[O-]. The summed E-state index contributed by atoms with van der Waals surface area (Å²) >= 11 is 5.68. The van der Waals surface area contributed by atoms with Crippen LogP contribution in [0.3, 0.4) is 0 Å². The third-order valence-electron chi connectivity index (χ3n) is 2.36. The normalized spacial score (nSPS) is 10.5. The number of rotatable bonds is 6. The topological polar surface area (TPSA) is 84.3 Å². The van der Waals surface area contributed by atoms with Crippen molar-refractivity contribution in [2.45, 2.75) is 19.9 Å². The molecule has 0 radical (unpaired) electrons. The van der Waals surface area contributed by atoms with Gasteiger partial charge in [0.1, 0.15) is 5.56 Å². The van der Waals surface area contributed by atoms with E-state index in [1.54, 1.807) is 0 Å². The number of hydrogen-bond donors (Lipinski definition) is 2. The van der Waals surface area contributed by atoms with Gasteiger partial charge in [-0.25, -0.2) is 0 Å². The van der Waals surface area contributed by atoms with Crippen molar-refractivity contribution in [1.82, 2.24) is 10.6 Å². The maximum Gasteiger partial charge on any atom is 0.283 e. The van der Waals surface area contributed by atoms with Crippen molar-refractivity contribution in [3.8, 4) is 0 Å². The van der Waals surface area contributed by atoms with Crippen molar-refractivity contribution >= 4 is 23.2 Å². The number of halogens is 1. The van der Waals surface area contributed by atoms with Gasteiger partial charge < -0.3 is 10.6 Å². The summed E-state index contributed by atoms with van der Waals surface area (Å²) < 4.78 is 0. The summed E-state index contributed by atoms with van der Waals surface area (Å²) in [6.45, 7) is 4.99. The van der Waals surface area contributed by atoms with Crippen LogP contribution in [0.15, 0.2) is 18.2 Å². The van der Waals surface area contributed by atoms with E-state index in [4.69, 9.17) is 11.6 Å². The van der Waals surface area contributed by atoms with Crippen LogP contribution < -0.4 is 10.6 Å². The Kier molecular flexibility index (Phi) is 5.72. The first-order valence-corrected chi connectivity index (χ1v) is 6.25. The van der Waals surface area contributed by atoms with Gasteiger partial charge in [-0.15, -0.1) is 0 Å². The fourth-order valence-electron chi connectivity index (χ4n) is 1.48. The number of benzene rings is 1. The number of carbonyl (C=O) groups excluding carboxylic acids is 1. The molecule has 104 valence electrons. The van der Waals surface area contributed by atoms with Gasteiger partial charge in [0.25, 0.3) is 11.6 Å². The summed E-state index contributed by atoms with van der Waals surface area (Å²) in [6, 6.07) is 4.30. The Morgan fingerprint density at radius 2 is 2.11 bits per heavy atom. The van der Waals surface area contributed by atoms with Gasteiger partial charge in [-0.05, 0) is 12.1 Å². The molecule has 19 heavy (non-hydrogen) atoms. The lowest BCUT2D eigenvalue weighted by atomic mass is 10.1. The molecule has 0 aliphatic rings. The molecule has 1 aromatic rings. The highest BCUT2D eigenvalue weighted by Gasteiger charge is 2.20. The Morgan fingerprint density at radius 1 is 1.42 bits per heavy atom. The molecule has 0 aliphatic heterocycles. The second kappa shape index (κ2) is 7.06. The van der Waals surface area contributed by atoms with Crippen LogP contribution >= 0.6 is 11.6 Å². The molecular weight excluding hydrogens is 270 g/mol. The largest absolute Gasteiger partial charge is 0.351 e. The second-order valence-corrected chi connectivity index (χ2v) is 4.72. The minimum atomic E-state index is -0.618. The molecule has 1 rings (SSSR count). The maximum atomic E-state index is 11.8. The first-order chi connectivity index (χ1) is 8.91. The number of hydrogen-bond acceptors (Lipinski definition) is 4. The molecule has 7 heteroatoms. The van der Waals surface area contributed by atoms with Crippen LogP contribution in [-0.4, -0.2) is 30.0 Å². The summed E-state index contributed by atoms with van der Waals surface area (Å²) in [5.41, 5.74) is -0.277. The van der Waals surface area contributed by atoms with Crippen molar-refractivity contribution in [2.75, 3.05) is 13.1 Å². The third kappa shape index (κ3) is 4.84. The number of amides is 1. The Morgan fingerprint density at radius 3 is 2.68 bits per heavy atom. The van der Waals surface area contributed by atoms with Crippen molar-refractivity contribution in [2.24, 2.45) is 0 Å². The summed E-state index contributed by atoms with van der Waals surface area (Å²) in [7, 11) is 0. The zero-order valence-corrected chi connectivity index (χ0v) is 11.5. The van der Waals surface area contributed by atoms with E-state index in [2.05, 4.69) is 10.6 Å². The minimum absolute atomic E-state index is 0.0129. The van der Waals surface area contributed by atoms with Gasteiger partial charge in [0.2, 0.25) is 0 Å². The van der Waals surface area contributed by atoms with E-state index in [0.717, 1.165) is 0 Å². The number of nitrogens with zero attached hydrogens (tertiary/aromatic N) is 1. The van der Waals surface area contributed by atoms with Gasteiger partial charge in [-0.3, -0.25) is 14.9 Å². The van der Waals surface area contributed by atoms with Crippen LogP contribution in [0, 0.1) is 10.1 Å². The van der Waals surface area contributed by atoms with E-state index in [1.807, 2.05) is 13.8 Å². The van der Waals surface area contributed by atoms with Crippen LogP contribution in [0.5, 0.6) is 0 Å². The lowest BCUT2D eigenvalue weighted by Crippen LogP contribution is -2.34. The van der Waals surface area contributed by atoms with Gasteiger partial charge >= 0.3 is 0 Å². The second-order valence-electron chi connectivity index (χ2n) is 4.28. The first-order valence-electron chi connectivity index (χ1n) is 5.87. The lowest BCUT2D eigenvalue weighted by Gasteiger charge is -2.09. The van der Waals surface area contributed by atoms with Gasteiger partial charge in [0.15, 0.2) is 0 Å². The van der Waals surface area contributed by atoms with Crippen LogP contribution in [0.4, 0.5) is 5.69 Å². The van der Waals surface area contributed by atoms with Crippen LogP contribution in [0.25, 0.3) is 0 Å². The van der Waals surface area contributed by atoms with Crippen LogP contribution in [0.2, 0.25) is 5.02 Å². The molecule has 0 spiro atoms. The van der Waals surface area contributed by atoms with E-state index in [1.165, 1.54) is 18.2 Å². The molecule has 6 nitrogen and oxygen atoms in total. The minimum Gasteiger partial charge on any atom is -0.351 e. The third-order valence-corrected chi connectivity index (χ3v) is 2.60. The van der Waals surface area contributed by atoms with Crippen LogP contribution in [-0.2, 0) is 0 Å². The Labute approximate surface area is 116 Å². The highest BCUT2D eigenvalue weighted by atomic mass is 35.5. The average molecular weight is 286 g/mol. The molecule has 0 saturated carbocycles. The summed E-state index contributed by atoms with van der Waals surface area (Å²) in [6.07, 6.45) is 0. The van der Waals surface area contributed by atoms with E-state index < -0.39 is 10.8 Å². The standard InChI is InChI=1S/C12H16ClN3O3/c1-8(2)14-5-6-15-12(17)10-4-3-9(13)7-11(10)16(18)19/h3-4,7-8,14H,5-6H2,1-2H3,(H,15,17). The Bertz CT molecular complexity index is 477. The average Bonchev–Trinajstić information content (AvgIpc) is 2.33. The quantitative estimate of drug-likeness (QED) is 0.475. The summed E-state index contributed by atoms with van der Waals surface area (Å²) in [5, 5.41) is 16.8. The predicted molar refractivity (Wildman–Crippen MR) is 73.6 cm³/mol. The van der Waals surface area contributed by atoms with E-state index in [0.29, 0.717) is 19.1 Å². The zero-order valence-electron chi connectivity index (χ0n) is 10.8. The van der Waals surface area contributed by atoms with Crippen molar-refractivity contribution in [1.29, 1.82) is 0 Å². The monoisotopic (exact) mass is 285 g/mol. The van der Waals surface area contributed by atoms with Gasteiger partial charge in [-0.1, -0.05) is 25.4 Å². The predicted octanol–water partition coefficient (Wildman–Crippen LogP) is 1.98. The summed E-state index contributed by atoms with van der Waals surface area (Å²) in [5.74, 6) is -0.478. The molecule has 1 amide bonds. The highest BCUT2D eigenvalue weighted by molar-refractivity contribution is 6.31. The molecule has 0 aliphatic carbocycles. The zero-order chi connectivity index (χ0) is 14.4. The molecule has 0 saturated heterocycles. The molecule has 0 unspecified atom stereocenters. The molecule has 0 atom stereocenters. The number of nitro benzene ring substituents is 1. The van der Waals surface area contributed by atoms with Crippen molar-refractivity contribution in [3.05, 3.63) is 38.9 Å².